The van der Waals surface area contributed by atoms with Crippen molar-refractivity contribution in [3.05, 3.63) is 41.0 Å². The molecule has 5 nitrogen and oxygen atoms in total. The lowest BCUT2D eigenvalue weighted by molar-refractivity contribution is -0.127. The molecular weight excluding hydrogens is 302 g/mol. The van der Waals surface area contributed by atoms with Gasteiger partial charge in [-0.1, -0.05) is 11.6 Å². The zero-order valence-electron chi connectivity index (χ0n) is 12.6. The Hall–Kier alpha value is -2.14. The van der Waals surface area contributed by atoms with Crippen molar-refractivity contribution >= 4 is 23.3 Å². The van der Waals surface area contributed by atoms with Gasteiger partial charge >= 0.3 is 0 Å². The molecule has 0 aliphatic carbocycles. The number of halogens is 1. The minimum Gasteiger partial charge on any atom is -0.342 e. The SMILES string of the molecule is Cc1cc(Cl)cc(-c2ccn(C3C(=O)NC(C)(C)C3=O)n2)c1. The smallest absolute Gasteiger partial charge is 0.253 e. The summed E-state index contributed by atoms with van der Waals surface area (Å²) in [6, 6.07) is 6.49. The molecule has 1 N–H and O–H groups in total. The monoisotopic (exact) mass is 317 g/mol. The molecule has 2 heterocycles. The molecule has 1 aromatic heterocycles. The van der Waals surface area contributed by atoms with Gasteiger partial charge in [0.25, 0.3) is 5.91 Å². The normalized spacial score (nSPS) is 20.3. The third kappa shape index (κ3) is 2.41. The first-order valence-electron chi connectivity index (χ1n) is 6.97. The predicted octanol–water partition coefficient (Wildman–Crippen LogP) is 2.53. The van der Waals surface area contributed by atoms with Crippen molar-refractivity contribution < 1.29 is 9.59 Å². The number of hydrogen-bond acceptors (Lipinski definition) is 3. The zero-order valence-corrected chi connectivity index (χ0v) is 13.3. The summed E-state index contributed by atoms with van der Waals surface area (Å²) in [7, 11) is 0. The quantitative estimate of drug-likeness (QED) is 0.866. The Balaban J connectivity index is 1.98. The number of rotatable bonds is 2. The molecule has 1 unspecified atom stereocenters. The third-order valence-corrected chi connectivity index (χ3v) is 3.98. The first-order chi connectivity index (χ1) is 10.3. The van der Waals surface area contributed by atoms with Crippen LogP contribution in [0.15, 0.2) is 30.5 Å². The van der Waals surface area contributed by atoms with Crippen molar-refractivity contribution in [3.63, 3.8) is 0 Å². The van der Waals surface area contributed by atoms with Crippen molar-refractivity contribution in [1.82, 2.24) is 15.1 Å². The van der Waals surface area contributed by atoms with Gasteiger partial charge in [-0.25, -0.2) is 0 Å². The number of amides is 1. The van der Waals surface area contributed by atoms with E-state index < -0.39 is 11.6 Å². The molecule has 0 saturated carbocycles. The van der Waals surface area contributed by atoms with E-state index >= 15 is 0 Å². The molecule has 1 fully saturated rings. The Kier molecular flexibility index (Phi) is 3.33. The number of hydrogen-bond donors (Lipinski definition) is 1. The van der Waals surface area contributed by atoms with Crippen LogP contribution in [0.3, 0.4) is 0 Å². The van der Waals surface area contributed by atoms with Gasteiger partial charge in [-0.2, -0.15) is 5.10 Å². The lowest BCUT2D eigenvalue weighted by atomic mass is 10.00. The number of benzene rings is 1. The highest BCUT2D eigenvalue weighted by atomic mass is 35.5. The Morgan fingerprint density at radius 3 is 2.59 bits per heavy atom. The van der Waals surface area contributed by atoms with Crippen LogP contribution in [0.2, 0.25) is 5.02 Å². The Bertz CT molecular complexity index is 759. The first kappa shape index (κ1) is 14.8. The van der Waals surface area contributed by atoms with Crippen LogP contribution in [-0.4, -0.2) is 27.0 Å². The van der Waals surface area contributed by atoms with Crippen molar-refractivity contribution in [1.29, 1.82) is 0 Å². The van der Waals surface area contributed by atoms with E-state index in [0.29, 0.717) is 10.7 Å². The van der Waals surface area contributed by atoms with E-state index in [0.717, 1.165) is 11.1 Å². The Morgan fingerprint density at radius 1 is 1.27 bits per heavy atom. The fraction of sp³-hybridized carbons (Fsp3) is 0.312. The molecule has 1 aromatic carbocycles. The standard InChI is InChI=1S/C16H16ClN3O2/c1-9-6-10(8-11(17)7-9)12-4-5-20(19-12)13-14(21)16(2,3)18-15(13)22/h4-8,13H,1-3H3,(H,18,22). The summed E-state index contributed by atoms with van der Waals surface area (Å²) >= 11 is 6.06. The van der Waals surface area contributed by atoms with E-state index in [1.165, 1.54) is 4.68 Å². The van der Waals surface area contributed by atoms with Gasteiger partial charge in [0, 0.05) is 16.8 Å². The molecule has 0 spiro atoms. The molecule has 3 rings (SSSR count). The van der Waals surface area contributed by atoms with Crippen molar-refractivity contribution in [3.8, 4) is 11.3 Å². The summed E-state index contributed by atoms with van der Waals surface area (Å²) in [4.78, 5) is 24.4. The van der Waals surface area contributed by atoms with Crippen LogP contribution in [0, 0.1) is 6.92 Å². The van der Waals surface area contributed by atoms with E-state index in [1.54, 1.807) is 26.1 Å². The second-order valence-electron chi connectivity index (χ2n) is 6.08. The number of aryl methyl sites for hydroxylation is 1. The number of Topliss-reactive ketones (excluding diaryl/α,β-unsaturated/α-hetero) is 1. The molecule has 1 aliphatic heterocycles. The number of carbonyl (C=O) groups excluding carboxylic acids is 2. The third-order valence-electron chi connectivity index (χ3n) is 3.76. The number of nitrogens with zero attached hydrogens (tertiary/aromatic N) is 2. The maximum atomic E-state index is 12.3. The maximum absolute atomic E-state index is 12.3. The zero-order chi connectivity index (χ0) is 16.1. The number of nitrogens with one attached hydrogen (secondary N) is 1. The number of ketones is 1. The predicted molar refractivity (Wildman–Crippen MR) is 83.7 cm³/mol. The van der Waals surface area contributed by atoms with Crippen molar-refractivity contribution in [2.24, 2.45) is 0 Å². The van der Waals surface area contributed by atoms with Crippen LogP contribution in [0.5, 0.6) is 0 Å². The molecule has 1 atom stereocenters. The average Bonchev–Trinajstić information content (AvgIpc) is 2.93. The summed E-state index contributed by atoms with van der Waals surface area (Å²) < 4.78 is 1.41. The van der Waals surface area contributed by atoms with Gasteiger partial charge in [-0.15, -0.1) is 0 Å². The highest BCUT2D eigenvalue weighted by Crippen LogP contribution is 2.27. The van der Waals surface area contributed by atoms with Crippen LogP contribution in [0.4, 0.5) is 0 Å². The van der Waals surface area contributed by atoms with Gasteiger partial charge in [-0.3, -0.25) is 14.3 Å². The van der Waals surface area contributed by atoms with E-state index in [2.05, 4.69) is 10.4 Å². The fourth-order valence-electron chi connectivity index (χ4n) is 2.66. The molecule has 1 aliphatic rings. The Labute approximate surface area is 133 Å². The van der Waals surface area contributed by atoms with Gasteiger partial charge in [-0.05, 0) is 50.6 Å². The van der Waals surface area contributed by atoms with Crippen molar-refractivity contribution in [2.75, 3.05) is 0 Å². The van der Waals surface area contributed by atoms with E-state index in [9.17, 15) is 9.59 Å². The molecular formula is C16H16ClN3O2. The average molecular weight is 318 g/mol. The molecule has 0 bridgehead atoms. The second kappa shape index (κ2) is 4.95. The molecule has 6 heteroatoms. The second-order valence-corrected chi connectivity index (χ2v) is 6.52. The largest absolute Gasteiger partial charge is 0.342 e. The van der Waals surface area contributed by atoms with Gasteiger partial charge in [0.15, 0.2) is 11.8 Å². The van der Waals surface area contributed by atoms with E-state index in [1.807, 2.05) is 25.1 Å². The molecule has 1 amide bonds. The first-order valence-corrected chi connectivity index (χ1v) is 7.35. The molecule has 2 aromatic rings. The topological polar surface area (TPSA) is 64.0 Å². The summed E-state index contributed by atoms with van der Waals surface area (Å²) in [5.74, 6) is -0.513. The lowest BCUT2D eigenvalue weighted by Crippen LogP contribution is -2.39. The van der Waals surface area contributed by atoms with E-state index in [-0.39, 0.29) is 11.7 Å². The molecule has 114 valence electrons. The summed E-state index contributed by atoms with van der Waals surface area (Å²) in [6.07, 6.45) is 1.65. The maximum Gasteiger partial charge on any atom is 0.253 e. The van der Waals surface area contributed by atoms with Crippen LogP contribution in [0.1, 0.15) is 25.5 Å². The summed E-state index contributed by atoms with van der Waals surface area (Å²) in [6.45, 7) is 5.33. The number of aromatic nitrogens is 2. The van der Waals surface area contributed by atoms with Gasteiger partial charge in [0.1, 0.15) is 0 Å². The highest BCUT2D eigenvalue weighted by molar-refractivity contribution is 6.30. The van der Waals surface area contributed by atoms with Crippen LogP contribution in [0.25, 0.3) is 11.3 Å². The Morgan fingerprint density at radius 2 is 2.00 bits per heavy atom. The van der Waals surface area contributed by atoms with E-state index in [4.69, 9.17) is 11.6 Å². The minimum absolute atomic E-state index is 0.186. The van der Waals surface area contributed by atoms with Gasteiger partial charge < -0.3 is 5.32 Å². The van der Waals surface area contributed by atoms with Crippen LogP contribution >= 0.6 is 11.6 Å². The van der Waals surface area contributed by atoms with Crippen LogP contribution < -0.4 is 5.32 Å². The summed E-state index contributed by atoms with van der Waals surface area (Å²) in [5, 5.41) is 7.70. The molecule has 1 saturated heterocycles. The summed E-state index contributed by atoms with van der Waals surface area (Å²) in [5.41, 5.74) is 1.69. The molecule has 0 radical (unpaired) electrons. The van der Waals surface area contributed by atoms with Crippen LogP contribution in [-0.2, 0) is 9.59 Å². The van der Waals surface area contributed by atoms with Gasteiger partial charge in [0.2, 0.25) is 0 Å². The molecule has 22 heavy (non-hydrogen) atoms. The number of carbonyl (C=O) groups is 2. The minimum atomic E-state index is -0.913. The lowest BCUT2D eigenvalue weighted by Gasteiger charge is -2.14. The van der Waals surface area contributed by atoms with Gasteiger partial charge in [0.05, 0.1) is 11.2 Å². The highest BCUT2D eigenvalue weighted by Gasteiger charge is 2.47. The fourth-order valence-corrected chi connectivity index (χ4v) is 2.95. The van der Waals surface area contributed by atoms with Crippen molar-refractivity contribution in [2.45, 2.75) is 32.4 Å².